The third-order valence-electron chi connectivity index (χ3n) is 3.87. The van der Waals surface area contributed by atoms with Crippen molar-refractivity contribution in [2.24, 2.45) is 0 Å². The van der Waals surface area contributed by atoms with E-state index in [1.165, 1.54) is 0 Å². The van der Waals surface area contributed by atoms with Gasteiger partial charge in [0.25, 0.3) is 5.89 Å². The predicted octanol–water partition coefficient (Wildman–Crippen LogP) is 3.58. The summed E-state index contributed by atoms with van der Waals surface area (Å²) in [7, 11) is 1.59. The fourth-order valence-corrected chi connectivity index (χ4v) is 2.58. The van der Waals surface area contributed by atoms with Crippen LogP contribution < -0.4 is 4.74 Å². The van der Waals surface area contributed by atoms with Gasteiger partial charge in [0, 0.05) is 16.5 Å². The van der Waals surface area contributed by atoms with Crippen LogP contribution >= 0.6 is 0 Å². The van der Waals surface area contributed by atoms with E-state index in [0.717, 1.165) is 16.5 Å². The molecular weight excluding hydrogens is 334 g/mol. The number of para-hydroxylation sites is 1. The van der Waals surface area contributed by atoms with Crippen LogP contribution in [-0.2, 0) is 11.3 Å². The number of fused-ring (bicyclic) bond motifs is 1. The van der Waals surface area contributed by atoms with Crippen LogP contribution in [0, 0.1) is 0 Å². The molecule has 0 fully saturated rings. The van der Waals surface area contributed by atoms with Crippen LogP contribution in [-0.4, -0.2) is 28.2 Å². The SMILES string of the molecule is COc1cccc(-c2noc(COC(=O)c3cc4ccccc4[nH]3)n2)c1. The van der Waals surface area contributed by atoms with Gasteiger partial charge >= 0.3 is 5.97 Å². The molecule has 26 heavy (non-hydrogen) atoms. The van der Waals surface area contributed by atoms with Gasteiger partial charge in [0.1, 0.15) is 11.4 Å². The predicted molar refractivity (Wildman–Crippen MR) is 93.7 cm³/mol. The highest BCUT2D eigenvalue weighted by molar-refractivity contribution is 5.94. The molecule has 130 valence electrons. The van der Waals surface area contributed by atoms with Crippen LogP contribution in [0.25, 0.3) is 22.3 Å². The van der Waals surface area contributed by atoms with E-state index in [-0.39, 0.29) is 12.5 Å². The number of esters is 1. The van der Waals surface area contributed by atoms with Gasteiger partial charge in [0.15, 0.2) is 6.61 Å². The van der Waals surface area contributed by atoms with Crippen LogP contribution in [0.4, 0.5) is 0 Å². The Kier molecular flexibility index (Phi) is 4.10. The van der Waals surface area contributed by atoms with Crippen molar-refractivity contribution in [1.82, 2.24) is 15.1 Å². The number of aromatic amines is 1. The van der Waals surface area contributed by atoms with Crippen LogP contribution in [0.3, 0.4) is 0 Å². The number of aromatic nitrogens is 3. The Morgan fingerprint density at radius 2 is 2.04 bits per heavy atom. The Labute approximate surface area is 148 Å². The lowest BCUT2D eigenvalue weighted by Crippen LogP contribution is -2.05. The Bertz CT molecular complexity index is 1030. The summed E-state index contributed by atoms with van der Waals surface area (Å²) >= 11 is 0. The minimum Gasteiger partial charge on any atom is -0.497 e. The topological polar surface area (TPSA) is 90.2 Å². The van der Waals surface area contributed by atoms with E-state index in [1.54, 1.807) is 19.2 Å². The van der Waals surface area contributed by atoms with E-state index in [9.17, 15) is 4.79 Å². The van der Waals surface area contributed by atoms with E-state index in [2.05, 4.69) is 15.1 Å². The molecule has 0 atom stereocenters. The second kappa shape index (κ2) is 6.72. The molecule has 1 N–H and O–H groups in total. The van der Waals surface area contributed by atoms with E-state index in [4.69, 9.17) is 14.0 Å². The van der Waals surface area contributed by atoms with Crippen LogP contribution in [0.2, 0.25) is 0 Å². The van der Waals surface area contributed by atoms with Crippen LogP contribution in [0.1, 0.15) is 16.4 Å². The largest absolute Gasteiger partial charge is 0.497 e. The number of nitrogens with zero attached hydrogens (tertiary/aromatic N) is 2. The third-order valence-corrected chi connectivity index (χ3v) is 3.87. The number of nitrogens with one attached hydrogen (secondary N) is 1. The lowest BCUT2D eigenvalue weighted by atomic mass is 10.2. The van der Waals surface area contributed by atoms with E-state index >= 15 is 0 Å². The molecule has 0 saturated heterocycles. The average molecular weight is 349 g/mol. The highest BCUT2D eigenvalue weighted by atomic mass is 16.6. The van der Waals surface area contributed by atoms with Crippen molar-refractivity contribution in [3.8, 4) is 17.1 Å². The number of H-pyrrole nitrogens is 1. The van der Waals surface area contributed by atoms with Crippen molar-refractivity contribution < 1.29 is 18.8 Å². The second-order valence-electron chi connectivity index (χ2n) is 5.59. The minimum absolute atomic E-state index is 0.106. The second-order valence-corrected chi connectivity index (χ2v) is 5.59. The lowest BCUT2D eigenvalue weighted by molar-refractivity contribution is 0.0424. The summed E-state index contributed by atoms with van der Waals surface area (Å²) in [6.45, 7) is -0.106. The number of ether oxygens (including phenoxy) is 2. The Balaban J connectivity index is 1.44. The molecule has 0 aliphatic carbocycles. The van der Waals surface area contributed by atoms with Crippen LogP contribution in [0.5, 0.6) is 5.75 Å². The summed E-state index contributed by atoms with van der Waals surface area (Å²) in [5, 5.41) is 4.85. The summed E-state index contributed by atoms with van der Waals surface area (Å²) in [4.78, 5) is 19.5. The average Bonchev–Trinajstić information content (AvgIpc) is 3.33. The first-order valence-corrected chi connectivity index (χ1v) is 7.95. The van der Waals surface area contributed by atoms with Crippen molar-refractivity contribution in [3.05, 3.63) is 66.2 Å². The lowest BCUT2D eigenvalue weighted by Gasteiger charge is -2.00. The van der Waals surface area contributed by atoms with Gasteiger partial charge in [-0.05, 0) is 24.3 Å². The molecule has 0 bridgehead atoms. The van der Waals surface area contributed by atoms with Gasteiger partial charge in [-0.3, -0.25) is 0 Å². The standard InChI is InChI=1S/C19H15N3O4/c1-24-14-7-4-6-13(9-14)18-21-17(26-22-18)11-25-19(23)16-10-12-5-2-3-8-15(12)20-16/h2-10,20H,11H2,1H3. The Hall–Kier alpha value is -3.61. The molecule has 0 spiro atoms. The highest BCUT2D eigenvalue weighted by Crippen LogP contribution is 2.21. The number of carbonyl (C=O) groups excluding carboxylic acids is 1. The molecular formula is C19H15N3O4. The van der Waals surface area contributed by atoms with E-state index in [0.29, 0.717) is 17.3 Å². The quantitative estimate of drug-likeness (QED) is 0.554. The molecule has 7 nitrogen and oxygen atoms in total. The zero-order valence-electron chi connectivity index (χ0n) is 13.9. The van der Waals surface area contributed by atoms with Gasteiger partial charge in [-0.1, -0.05) is 35.5 Å². The molecule has 0 radical (unpaired) electrons. The van der Waals surface area contributed by atoms with Gasteiger partial charge < -0.3 is 19.0 Å². The zero-order chi connectivity index (χ0) is 17.9. The number of methoxy groups -OCH3 is 1. The maximum absolute atomic E-state index is 12.2. The summed E-state index contributed by atoms with van der Waals surface area (Å²) in [5.41, 5.74) is 2.00. The smallest absolute Gasteiger partial charge is 0.355 e. The molecule has 0 aliphatic heterocycles. The molecule has 4 aromatic rings. The van der Waals surface area contributed by atoms with Crippen molar-refractivity contribution in [1.29, 1.82) is 0 Å². The molecule has 0 aliphatic rings. The third kappa shape index (κ3) is 3.14. The number of benzene rings is 2. The first-order chi connectivity index (χ1) is 12.7. The number of carbonyl (C=O) groups is 1. The van der Waals surface area contributed by atoms with Crippen molar-refractivity contribution >= 4 is 16.9 Å². The number of hydrogen-bond acceptors (Lipinski definition) is 6. The summed E-state index contributed by atoms with van der Waals surface area (Å²) in [6.07, 6.45) is 0. The molecule has 2 aromatic carbocycles. The zero-order valence-corrected chi connectivity index (χ0v) is 13.9. The van der Waals surface area contributed by atoms with Crippen molar-refractivity contribution in [3.63, 3.8) is 0 Å². The molecule has 7 heteroatoms. The Morgan fingerprint density at radius 3 is 2.88 bits per heavy atom. The van der Waals surface area contributed by atoms with Gasteiger partial charge in [-0.15, -0.1) is 0 Å². The fourth-order valence-electron chi connectivity index (χ4n) is 2.58. The first-order valence-electron chi connectivity index (χ1n) is 7.95. The van der Waals surface area contributed by atoms with Crippen molar-refractivity contribution in [2.75, 3.05) is 7.11 Å². The summed E-state index contributed by atoms with van der Waals surface area (Å²) in [6, 6.07) is 16.7. The number of hydrogen-bond donors (Lipinski definition) is 1. The normalized spacial score (nSPS) is 10.8. The van der Waals surface area contributed by atoms with Crippen LogP contribution in [0.15, 0.2) is 59.1 Å². The molecule has 4 rings (SSSR count). The maximum atomic E-state index is 12.2. The minimum atomic E-state index is -0.484. The molecule has 0 unspecified atom stereocenters. The van der Waals surface area contributed by atoms with Gasteiger partial charge in [0.2, 0.25) is 5.82 Å². The monoisotopic (exact) mass is 349 g/mol. The van der Waals surface area contributed by atoms with Gasteiger partial charge in [0.05, 0.1) is 7.11 Å². The fraction of sp³-hybridized carbons (Fsp3) is 0.105. The molecule has 2 aromatic heterocycles. The van der Waals surface area contributed by atoms with Gasteiger partial charge in [-0.25, -0.2) is 4.79 Å². The molecule has 2 heterocycles. The first kappa shape index (κ1) is 15.9. The molecule has 0 amide bonds. The van der Waals surface area contributed by atoms with E-state index in [1.807, 2.05) is 42.5 Å². The van der Waals surface area contributed by atoms with E-state index < -0.39 is 5.97 Å². The maximum Gasteiger partial charge on any atom is 0.355 e. The van der Waals surface area contributed by atoms with Gasteiger partial charge in [-0.2, -0.15) is 4.98 Å². The highest BCUT2D eigenvalue weighted by Gasteiger charge is 2.14. The Morgan fingerprint density at radius 1 is 1.15 bits per heavy atom. The molecule has 0 saturated carbocycles. The number of rotatable bonds is 5. The summed E-state index contributed by atoms with van der Waals surface area (Å²) < 4.78 is 15.6. The van der Waals surface area contributed by atoms with Crippen molar-refractivity contribution in [2.45, 2.75) is 6.61 Å². The summed E-state index contributed by atoms with van der Waals surface area (Å²) in [5.74, 6) is 0.828.